The first-order chi connectivity index (χ1) is 16.5. The number of nitrogens with one attached hydrogen (secondary N) is 2. The van der Waals surface area contributed by atoms with Crippen LogP contribution in [0.3, 0.4) is 0 Å². The first-order valence-electron chi connectivity index (χ1n) is 10.8. The Hall–Kier alpha value is -3.98. The third-order valence-electron chi connectivity index (χ3n) is 5.90. The normalized spacial score (nSPS) is 13.8. The van der Waals surface area contributed by atoms with Crippen LogP contribution < -0.4 is 15.8 Å². The number of aromatic nitrogens is 2. The lowest BCUT2D eigenvalue weighted by atomic mass is 10.0. The van der Waals surface area contributed by atoms with E-state index in [4.69, 9.17) is 15.9 Å². The Bertz CT molecular complexity index is 1500. The van der Waals surface area contributed by atoms with Gasteiger partial charge in [-0.2, -0.15) is 0 Å². The van der Waals surface area contributed by atoms with E-state index in [1.807, 2.05) is 60.9 Å². The van der Waals surface area contributed by atoms with E-state index in [0.717, 1.165) is 28.2 Å². The second kappa shape index (κ2) is 8.75. The Balaban J connectivity index is 1.68. The van der Waals surface area contributed by atoms with Crippen molar-refractivity contribution in [3.05, 3.63) is 66.5 Å². The summed E-state index contributed by atoms with van der Waals surface area (Å²) in [5.74, 6) is 0.523. The van der Waals surface area contributed by atoms with Gasteiger partial charge in [0.05, 0.1) is 18.2 Å². The molecule has 1 aliphatic heterocycles. The number of carbonyl (C=O) groups excluding carboxylic acids is 2. The van der Waals surface area contributed by atoms with Gasteiger partial charge in [0.15, 0.2) is 5.17 Å². The van der Waals surface area contributed by atoms with E-state index in [0.29, 0.717) is 34.9 Å². The summed E-state index contributed by atoms with van der Waals surface area (Å²) in [5.41, 5.74) is 8.54. The van der Waals surface area contributed by atoms with Gasteiger partial charge in [-0.25, -0.2) is 0 Å². The number of fused-ring (bicyclic) bond motifs is 2. The molecular weight excluding hydrogens is 450 g/mol. The van der Waals surface area contributed by atoms with Crippen LogP contribution in [0.15, 0.2) is 60.9 Å². The van der Waals surface area contributed by atoms with Crippen molar-refractivity contribution in [3.63, 3.8) is 0 Å². The molecule has 172 valence electrons. The van der Waals surface area contributed by atoms with Gasteiger partial charge in [0.25, 0.3) is 11.8 Å². The minimum absolute atomic E-state index is 0.0951. The second-order valence-electron chi connectivity index (χ2n) is 7.94. The summed E-state index contributed by atoms with van der Waals surface area (Å²) in [7, 11) is 1.60. The smallest absolute Gasteiger partial charge is 0.275 e. The van der Waals surface area contributed by atoms with Crippen molar-refractivity contribution >= 4 is 61.8 Å². The largest absolute Gasteiger partial charge is 0.497 e. The zero-order chi connectivity index (χ0) is 23.8. The molecule has 0 aliphatic carbocycles. The number of amidine groups is 1. The summed E-state index contributed by atoms with van der Waals surface area (Å²) < 4.78 is 9.28. The van der Waals surface area contributed by atoms with Gasteiger partial charge in [-0.3, -0.25) is 20.3 Å². The predicted octanol–water partition coefficient (Wildman–Crippen LogP) is 3.65. The van der Waals surface area contributed by atoms with Crippen molar-refractivity contribution in [2.24, 2.45) is 5.73 Å². The molecular formula is C25H23N5O3S. The van der Waals surface area contributed by atoms with Crippen LogP contribution in [0.2, 0.25) is 0 Å². The first-order valence-corrected chi connectivity index (χ1v) is 11.8. The van der Waals surface area contributed by atoms with E-state index in [2.05, 4.69) is 9.88 Å². The van der Waals surface area contributed by atoms with Crippen LogP contribution in [-0.2, 0) is 16.1 Å². The lowest BCUT2D eigenvalue weighted by molar-refractivity contribution is -0.122. The number of benzene rings is 2. The SMILES string of the molecule is COc1ccc2c(c1)c(C1=C(n3ccc4ccccc43)C(=O)NC1=O)cn2CCCSC(=N)N. The Morgan fingerprint density at radius 2 is 1.94 bits per heavy atom. The van der Waals surface area contributed by atoms with Crippen LogP contribution >= 0.6 is 11.8 Å². The zero-order valence-electron chi connectivity index (χ0n) is 18.5. The van der Waals surface area contributed by atoms with Gasteiger partial charge < -0.3 is 19.6 Å². The highest BCUT2D eigenvalue weighted by molar-refractivity contribution is 8.13. The molecule has 8 nitrogen and oxygen atoms in total. The molecule has 34 heavy (non-hydrogen) atoms. The van der Waals surface area contributed by atoms with E-state index in [1.54, 1.807) is 11.7 Å². The molecule has 0 fully saturated rings. The fraction of sp³-hybridized carbons (Fsp3) is 0.160. The molecule has 0 saturated carbocycles. The highest BCUT2D eigenvalue weighted by Gasteiger charge is 2.34. The Morgan fingerprint density at radius 3 is 2.74 bits per heavy atom. The van der Waals surface area contributed by atoms with Gasteiger partial charge in [0.1, 0.15) is 11.4 Å². The van der Waals surface area contributed by atoms with Crippen molar-refractivity contribution in [1.29, 1.82) is 5.41 Å². The van der Waals surface area contributed by atoms with Crippen LogP contribution in [0.4, 0.5) is 0 Å². The molecule has 0 unspecified atom stereocenters. The highest BCUT2D eigenvalue weighted by atomic mass is 32.2. The number of nitrogens with two attached hydrogens (primary N) is 1. The maximum atomic E-state index is 13.1. The summed E-state index contributed by atoms with van der Waals surface area (Å²) in [6.45, 7) is 0.674. The van der Waals surface area contributed by atoms with Crippen LogP contribution in [-0.4, -0.2) is 39.0 Å². The Labute approximate surface area is 199 Å². The maximum absolute atomic E-state index is 13.1. The standard InChI is InChI=1S/C25H23N5O3S/c1-33-16-7-8-20-17(13-16)18(14-29(20)10-4-12-34-25(26)27)21-22(24(32)28-23(21)31)30-11-9-15-5-2-3-6-19(15)30/h2-3,5-9,11,13-14H,4,10,12H2,1H3,(H3,26,27)(H,28,31,32). The van der Waals surface area contributed by atoms with Crippen LogP contribution in [0.1, 0.15) is 12.0 Å². The van der Waals surface area contributed by atoms with Crippen LogP contribution in [0.25, 0.3) is 33.1 Å². The number of amides is 2. The topological polar surface area (TPSA) is 115 Å². The number of hydrogen-bond donors (Lipinski definition) is 3. The molecule has 9 heteroatoms. The number of nitrogens with zero attached hydrogens (tertiary/aromatic N) is 2. The lowest BCUT2D eigenvalue weighted by Crippen LogP contribution is -2.23. The first kappa shape index (κ1) is 21.8. The molecule has 1 aliphatic rings. The van der Waals surface area contributed by atoms with Gasteiger partial charge in [-0.1, -0.05) is 30.0 Å². The fourth-order valence-corrected chi connectivity index (χ4v) is 4.90. The molecule has 4 aromatic rings. The van der Waals surface area contributed by atoms with Crippen LogP contribution in [0.5, 0.6) is 5.75 Å². The van der Waals surface area contributed by atoms with Gasteiger partial charge >= 0.3 is 0 Å². The number of rotatable bonds is 7. The van der Waals surface area contributed by atoms with E-state index in [-0.39, 0.29) is 5.17 Å². The molecule has 2 aromatic carbocycles. The molecule has 0 saturated heterocycles. The molecule has 0 spiro atoms. The van der Waals surface area contributed by atoms with Gasteiger partial charge in [-0.15, -0.1) is 0 Å². The summed E-state index contributed by atoms with van der Waals surface area (Å²) in [6, 6.07) is 15.4. The number of thioether (sulfide) groups is 1. The number of aryl methyl sites for hydroxylation is 1. The second-order valence-corrected chi connectivity index (χ2v) is 9.07. The third-order valence-corrected chi connectivity index (χ3v) is 6.71. The van der Waals surface area contributed by atoms with Crippen molar-refractivity contribution < 1.29 is 14.3 Å². The van der Waals surface area contributed by atoms with Gasteiger partial charge in [-0.05, 0) is 42.1 Å². The van der Waals surface area contributed by atoms with Gasteiger partial charge in [0, 0.05) is 41.2 Å². The average Bonchev–Trinajstić information content (AvgIpc) is 3.49. The number of hydrogen-bond acceptors (Lipinski definition) is 5. The summed E-state index contributed by atoms with van der Waals surface area (Å²) in [6.07, 6.45) is 4.53. The predicted molar refractivity (Wildman–Crippen MR) is 136 cm³/mol. The molecule has 5 rings (SSSR count). The summed E-state index contributed by atoms with van der Waals surface area (Å²) in [5, 5.41) is 11.8. The number of para-hydroxylation sites is 1. The van der Waals surface area contributed by atoms with Crippen molar-refractivity contribution in [1.82, 2.24) is 14.5 Å². The minimum atomic E-state index is -0.428. The monoisotopic (exact) mass is 473 g/mol. The molecule has 0 atom stereocenters. The summed E-state index contributed by atoms with van der Waals surface area (Å²) >= 11 is 1.30. The molecule has 2 aromatic heterocycles. The maximum Gasteiger partial charge on any atom is 0.275 e. The molecule has 3 heterocycles. The number of imide groups is 1. The number of ether oxygens (including phenoxy) is 1. The van der Waals surface area contributed by atoms with E-state index >= 15 is 0 Å². The van der Waals surface area contributed by atoms with Crippen molar-refractivity contribution in [3.8, 4) is 5.75 Å². The Morgan fingerprint density at radius 1 is 1.12 bits per heavy atom. The van der Waals surface area contributed by atoms with E-state index in [1.165, 1.54) is 11.8 Å². The van der Waals surface area contributed by atoms with Crippen molar-refractivity contribution in [2.75, 3.05) is 12.9 Å². The average molecular weight is 474 g/mol. The lowest BCUT2D eigenvalue weighted by Gasteiger charge is -2.07. The molecule has 0 radical (unpaired) electrons. The molecule has 4 N–H and O–H groups in total. The third kappa shape index (κ3) is 3.73. The molecule has 0 bridgehead atoms. The number of carbonyl (C=O) groups is 2. The van der Waals surface area contributed by atoms with Gasteiger partial charge in [0.2, 0.25) is 0 Å². The van der Waals surface area contributed by atoms with E-state index in [9.17, 15) is 9.59 Å². The summed E-state index contributed by atoms with van der Waals surface area (Å²) in [4.78, 5) is 26.1. The fourth-order valence-electron chi connectivity index (χ4n) is 4.41. The van der Waals surface area contributed by atoms with Crippen molar-refractivity contribution in [2.45, 2.75) is 13.0 Å². The molecule has 2 amide bonds. The Kier molecular flexibility index (Phi) is 5.62. The quantitative estimate of drug-likeness (QED) is 0.164. The minimum Gasteiger partial charge on any atom is -0.497 e. The highest BCUT2D eigenvalue weighted by Crippen LogP contribution is 2.36. The number of methoxy groups -OCH3 is 1. The van der Waals surface area contributed by atoms with Crippen LogP contribution in [0, 0.1) is 5.41 Å². The zero-order valence-corrected chi connectivity index (χ0v) is 19.3. The van der Waals surface area contributed by atoms with E-state index < -0.39 is 11.8 Å².